The van der Waals surface area contributed by atoms with E-state index >= 15 is 0 Å². The van der Waals surface area contributed by atoms with Gasteiger partial charge in [0.15, 0.2) is 9.84 Å². The Hall–Kier alpha value is -1.82. The number of hydrogen-bond donors (Lipinski definition) is 1. The molecule has 1 aromatic heterocycles. The predicted octanol–water partition coefficient (Wildman–Crippen LogP) is 3.98. The van der Waals surface area contributed by atoms with Gasteiger partial charge in [-0.05, 0) is 43.0 Å². The van der Waals surface area contributed by atoms with Crippen LogP contribution in [0.1, 0.15) is 46.0 Å². The van der Waals surface area contributed by atoms with Crippen molar-refractivity contribution in [3.8, 4) is 0 Å². The molecular weight excluding hydrogens is 348 g/mol. The molecule has 26 heavy (non-hydrogen) atoms. The first-order valence-corrected chi connectivity index (χ1v) is 11.2. The molecule has 0 aliphatic heterocycles. The molecule has 3 rings (SSSR count). The highest BCUT2D eigenvalue weighted by Gasteiger charge is 2.28. The Bertz CT molecular complexity index is 878. The molecule has 0 radical (unpaired) electrons. The van der Waals surface area contributed by atoms with E-state index in [0.717, 1.165) is 43.1 Å². The van der Waals surface area contributed by atoms with E-state index in [1.165, 1.54) is 0 Å². The van der Waals surface area contributed by atoms with Gasteiger partial charge in [-0.25, -0.2) is 8.42 Å². The van der Waals surface area contributed by atoms with Gasteiger partial charge in [0.1, 0.15) is 0 Å². The summed E-state index contributed by atoms with van der Waals surface area (Å²) in [4.78, 5) is 12.2. The number of nitrogens with zero attached hydrogens (tertiary/aromatic N) is 1. The molecule has 0 unspecified atom stereocenters. The van der Waals surface area contributed by atoms with E-state index in [2.05, 4.69) is 29.9 Å². The molecule has 1 N–H and O–H groups in total. The maximum atomic E-state index is 12.3. The summed E-state index contributed by atoms with van der Waals surface area (Å²) >= 11 is 0. The zero-order valence-electron chi connectivity index (χ0n) is 15.6. The summed E-state index contributed by atoms with van der Waals surface area (Å²) in [6.45, 7) is 5.31. The number of amides is 1. The molecule has 1 saturated carbocycles. The first-order chi connectivity index (χ1) is 12.3. The quantitative estimate of drug-likeness (QED) is 0.794. The molecule has 0 bridgehead atoms. The fourth-order valence-electron chi connectivity index (χ4n) is 3.70. The van der Waals surface area contributed by atoms with Crippen molar-refractivity contribution in [3.63, 3.8) is 0 Å². The molecule has 1 fully saturated rings. The van der Waals surface area contributed by atoms with Gasteiger partial charge < -0.3 is 9.88 Å². The third-order valence-electron chi connectivity index (χ3n) is 5.04. The fraction of sp³-hybridized carbons (Fsp3) is 0.550. The number of carbonyl (C=O) groups excluding carboxylic acids is 1. The molecule has 1 heterocycles. The van der Waals surface area contributed by atoms with E-state index in [4.69, 9.17) is 0 Å². The summed E-state index contributed by atoms with van der Waals surface area (Å²) in [5.74, 6) is 0.260. The van der Waals surface area contributed by atoms with E-state index in [1.807, 2.05) is 24.3 Å². The topological polar surface area (TPSA) is 68.2 Å². The van der Waals surface area contributed by atoms with E-state index in [9.17, 15) is 13.2 Å². The van der Waals surface area contributed by atoms with Crippen molar-refractivity contribution >= 4 is 32.3 Å². The highest BCUT2D eigenvalue weighted by molar-refractivity contribution is 7.92. The Kier molecular flexibility index (Phi) is 5.70. The van der Waals surface area contributed by atoms with Crippen LogP contribution in [0.25, 0.3) is 10.9 Å². The van der Waals surface area contributed by atoms with Crippen LogP contribution in [0.15, 0.2) is 30.5 Å². The van der Waals surface area contributed by atoms with Gasteiger partial charge >= 0.3 is 0 Å². The number of carbonyl (C=O) groups is 1. The SMILES string of the molecule is CC(C)Cn1ccc2cc(NC(=O)CCS(=O)(=O)C3CCCC3)ccc21. The van der Waals surface area contributed by atoms with Crippen molar-refractivity contribution in [2.45, 2.75) is 57.7 Å². The van der Waals surface area contributed by atoms with Crippen LogP contribution in [0.5, 0.6) is 0 Å². The largest absolute Gasteiger partial charge is 0.347 e. The highest BCUT2D eigenvalue weighted by atomic mass is 32.2. The van der Waals surface area contributed by atoms with Crippen molar-refractivity contribution in [1.82, 2.24) is 4.57 Å². The monoisotopic (exact) mass is 376 g/mol. The number of nitrogens with one attached hydrogen (secondary N) is 1. The van der Waals surface area contributed by atoms with Crippen molar-refractivity contribution in [2.75, 3.05) is 11.1 Å². The van der Waals surface area contributed by atoms with Crippen LogP contribution in [0.2, 0.25) is 0 Å². The Morgan fingerprint density at radius 1 is 1.23 bits per heavy atom. The Balaban J connectivity index is 1.60. The second-order valence-electron chi connectivity index (χ2n) is 7.71. The van der Waals surface area contributed by atoms with Crippen LogP contribution < -0.4 is 5.32 Å². The number of aromatic nitrogens is 1. The first kappa shape index (κ1) is 19.0. The summed E-state index contributed by atoms with van der Waals surface area (Å²) in [7, 11) is -3.15. The molecule has 0 saturated heterocycles. The fourth-order valence-corrected chi connectivity index (χ4v) is 5.56. The molecule has 6 heteroatoms. The zero-order chi connectivity index (χ0) is 18.7. The van der Waals surface area contributed by atoms with Crippen molar-refractivity contribution < 1.29 is 13.2 Å². The molecular formula is C20H28N2O3S. The minimum Gasteiger partial charge on any atom is -0.347 e. The van der Waals surface area contributed by atoms with Gasteiger partial charge in [-0.3, -0.25) is 4.79 Å². The second-order valence-corrected chi connectivity index (χ2v) is 10.1. The third kappa shape index (κ3) is 4.47. The Labute approximate surface area is 155 Å². The van der Waals surface area contributed by atoms with E-state index in [0.29, 0.717) is 11.6 Å². The second kappa shape index (κ2) is 7.82. The molecule has 0 atom stereocenters. The summed E-state index contributed by atoms with van der Waals surface area (Å²) in [6.07, 6.45) is 5.52. The zero-order valence-corrected chi connectivity index (χ0v) is 16.4. The third-order valence-corrected chi connectivity index (χ3v) is 7.30. The summed E-state index contributed by atoms with van der Waals surface area (Å²) in [5, 5.41) is 3.66. The molecule has 5 nitrogen and oxygen atoms in total. The molecule has 2 aromatic rings. The van der Waals surface area contributed by atoms with Gasteiger partial charge in [-0.2, -0.15) is 0 Å². The number of benzene rings is 1. The average molecular weight is 377 g/mol. The lowest BCUT2D eigenvalue weighted by atomic mass is 10.2. The van der Waals surface area contributed by atoms with Crippen LogP contribution >= 0.6 is 0 Å². The average Bonchev–Trinajstić information content (AvgIpc) is 3.23. The van der Waals surface area contributed by atoms with Gasteiger partial charge in [0.05, 0.1) is 11.0 Å². The maximum absolute atomic E-state index is 12.3. The maximum Gasteiger partial charge on any atom is 0.225 e. The van der Waals surface area contributed by atoms with Gasteiger partial charge in [-0.15, -0.1) is 0 Å². The van der Waals surface area contributed by atoms with Gasteiger partial charge in [-0.1, -0.05) is 26.7 Å². The number of hydrogen-bond acceptors (Lipinski definition) is 3. The lowest BCUT2D eigenvalue weighted by Gasteiger charge is -2.11. The van der Waals surface area contributed by atoms with Crippen LogP contribution in [-0.2, 0) is 21.2 Å². The minimum atomic E-state index is -3.15. The van der Waals surface area contributed by atoms with Gasteiger partial charge in [0, 0.05) is 35.8 Å². The normalized spacial score (nSPS) is 15.8. The van der Waals surface area contributed by atoms with E-state index < -0.39 is 9.84 Å². The molecule has 1 aromatic carbocycles. The molecule has 142 valence electrons. The van der Waals surface area contributed by atoms with Crippen LogP contribution in [0.3, 0.4) is 0 Å². The summed E-state index contributed by atoms with van der Waals surface area (Å²) in [5.41, 5.74) is 1.85. The number of rotatable bonds is 7. The van der Waals surface area contributed by atoms with Crippen molar-refractivity contribution in [1.29, 1.82) is 0 Å². The predicted molar refractivity (Wildman–Crippen MR) is 106 cm³/mol. The van der Waals surface area contributed by atoms with Crippen molar-refractivity contribution in [2.24, 2.45) is 5.92 Å². The van der Waals surface area contributed by atoms with Crippen molar-refractivity contribution in [3.05, 3.63) is 30.5 Å². The first-order valence-electron chi connectivity index (χ1n) is 9.45. The van der Waals surface area contributed by atoms with Crippen LogP contribution in [-0.4, -0.2) is 29.9 Å². The lowest BCUT2D eigenvalue weighted by Crippen LogP contribution is -2.24. The summed E-state index contributed by atoms with van der Waals surface area (Å²) in [6, 6.07) is 7.86. The molecule has 1 amide bonds. The summed E-state index contributed by atoms with van der Waals surface area (Å²) < 4.78 is 26.8. The molecule has 1 aliphatic rings. The number of sulfone groups is 1. The molecule has 0 spiro atoms. The number of anilines is 1. The van der Waals surface area contributed by atoms with E-state index in [1.54, 1.807) is 0 Å². The van der Waals surface area contributed by atoms with Gasteiger partial charge in [0.25, 0.3) is 0 Å². The van der Waals surface area contributed by atoms with Crippen LogP contribution in [0, 0.1) is 5.92 Å². The standard InChI is InChI=1S/C20H28N2O3S/c1-15(2)14-22-11-9-16-13-17(7-8-19(16)22)21-20(23)10-12-26(24,25)18-5-3-4-6-18/h7-9,11,13,15,18H,3-6,10,12,14H2,1-2H3,(H,21,23). The minimum absolute atomic E-state index is 0.0191. The van der Waals surface area contributed by atoms with Gasteiger partial charge in [0.2, 0.25) is 5.91 Å². The Morgan fingerprint density at radius 2 is 1.96 bits per heavy atom. The van der Waals surface area contributed by atoms with Crippen LogP contribution in [0.4, 0.5) is 5.69 Å². The highest BCUT2D eigenvalue weighted by Crippen LogP contribution is 2.26. The number of fused-ring (bicyclic) bond motifs is 1. The lowest BCUT2D eigenvalue weighted by molar-refractivity contribution is -0.115. The molecule has 1 aliphatic carbocycles. The van der Waals surface area contributed by atoms with E-state index in [-0.39, 0.29) is 23.3 Å². The smallest absolute Gasteiger partial charge is 0.225 e. The Morgan fingerprint density at radius 3 is 2.65 bits per heavy atom.